The van der Waals surface area contributed by atoms with Gasteiger partial charge < -0.3 is 14.8 Å². The van der Waals surface area contributed by atoms with Crippen molar-refractivity contribution in [1.29, 1.82) is 0 Å². The molecule has 0 aliphatic carbocycles. The van der Waals surface area contributed by atoms with Crippen LogP contribution < -0.4 is 10.9 Å². The van der Waals surface area contributed by atoms with Gasteiger partial charge in [0.25, 0.3) is 5.56 Å². The molecule has 0 radical (unpaired) electrons. The molecule has 3 aromatic carbocycles. The SMILES string of the molecule is CCOC(=O)c1ccc(NC(=O)Cn2nc(-c3ccccc3)c(-c3ccccc3)c(C(=O)OC)c2=O)cc1. The first-order chi connectivity index (χ1) is 18.4. The van der Waals surface area contributed by atoms with Crippen LogP contribution in [0.15, 0.2) is 89.7 Å². The molecule has 0 aliphatic rings. The Kier molecular flexibility index (Phi) is 8.07. The zero-order valence-electron chi connectivity index (χ0n) is 20.8. The smallest absolute Gasteiger partial charge is 0.344 e. The van der Waals surface area contributed by atoms with Crippen LogP contribution >= 0.6 is 0 Å². The number of rotatable bonds is 8. The van der Waals surface area contributed by atoms with Gasteiger partial charge in [-0.2, -0.15) is 5.10 Å². The highest BCUT2D eigenvalue weighted by Gasteiger charge is 2.26. The maximum absolute atomic E-state index is 13.5. The molecule has 192 valence electrons. The van der Waals surface area contributed by atoms with Crippen LogP contribution in [0.2, 0.25) is 0 Å². The second-order valence-corrected chi connectivity index (χ2v) is 8.13. The second-order valence-electron chi connectivity index (χ2n) is 8.13. The van der Waals surface area contributed by atoms with Crippen molar-refractivity contribution in [2.75, 3.05) is 19.0 Å². The highest BCUT2D eigenvalue weighted by Crippen LogP contribution is 2.32. The van der Waals surface area contributed by atoms with Crippen molar-refractivity contribution in [3.05, 3.63) is 106 Å². The lowest BCUT2D eigenvalue weighted by Gasteiger charge is -2.16. The predicted octanol–water partition coefficient (Wildman–Crippen LogP) is 4.18. The third-order valence-corrected chi connectivity index (χ3v) is 5.63. The fourth-order valence-electron chi connectivity index (χ4n) is 3.89. The third kappa shape index (κ3) is 5.67. The number of carbonyl (C=O) groups is 3. The largest absolute Gasteiger partial charge is 0.465 e. The average Bonchev–Trinajstić information content (AvgIpc) is 2.94. The highest BCUT2D eigenvalue weighted by atomic mass is 16.5. The fourth-order valence-corrected chi connectivity index (χ4v) is 3.89. The summed E-state index contributed by atoms with van der Waals surface area (Å²) in [7, 11) is 1.19. The van der Waals surface area contributed by atoms with Gasteiger partial charge in [-0.1, -0.05) is 60.7 Å². The van der Waals surface area contributed by atoms with E-state index in [1.54, 1.807) is 55.5 Å². The van der Waals surface area contributed by atoms with Gasteiger partial charge in [0.2, 0.25) is 5.91 Å². The van der Waals surface area contributed by atoms with Crippen molar-refractivity contribution in [2.24, 2.45) is 0 Å². The van der Waals surface area contributed by atoms with E-state index in [2.05, 4.69) is 10.4 Å². The summed E-state index contributed by atoms with van der Waals surface area (Å²) in [4.78, 5) is 51.1. The number of aromatic nitrogens is 2. The Morgan fingerprint density at radius 2 is 1.45 bits per heavy atom. The molecule has 1 heterocycles. The zero-order valence-corrected chi connectivity index (χ0v) is 20.8. The lowest BCUT2D eigenvalue weighted by molar-refractivity contribution is -0.117. The van der Waals surface area contributed by atoms with E-state index in [-0.39, 0.29) is 12.2 Å². The molecule has 38 heavy (non-hydrogen) atoms. The first-order valence-electron chi connectivity index (χ1n) is 11.8. The summed E-state index contributed by atoms with van der Waals surface area (Å²) in [6.07, 6.45) is 0. The summed E-state index contributed by atoms with van der Waals surface area (Å²) in [6, 6.07) is 24.1. The molecule has 0 fully saturated rings. The molecule has 0 saturated heterocycles. The second kappa shape index (κ2) is 11.8. The molecule has 0 saturated carbocycles. The summed E-state index contributed by atoms with van der Waals surface area (Å²) < 4.78 is 10.9. The minimum absolute atomic E-state index is 0.223. The minimum Gasteiger partial charge on any atom is -0.465 e. The van der Waals surface area contributed by atoms with Crippen molar-refractivity contribution in [1.82, 2.24) is 9.78 Å². The standard InChI is InChI=1S/C29H25N3O6/c1-3-38-28(35)21-14-16-22(17-15-21)30-23(33)18-32-27(34)25(29(36)37-2)24(19-10-6-4-7-11-19)26(31-32)20-12-8-5-9-13-20/h4-17H,3,18H2,1-2H3,(H,30,33). The Labute approximate surface area is 218 Å². The molecule has 0 unspecified atom stereocenters. The van der Waals surface area contributed by atoms with Crippen molar-refractivity contribution in [3.63, 3.8) is 0 Å². The molecule has 1 N–H and O–H groups in total. The number of hydrogen-bond donors (Lipinski definition) is 1. The molecule has 0 bridgehead atoms. The van der Waals surface area contributed by atoms with Crippen LogP contribution in [-0.4, -0.2) is 41.3 Å². The first kappa shape index (κ1) is 26.0. The van der Waals surface area contributed by atoms with Crippen molar-refractivity contribution in [2.45, 2.75) is 13.5 Å². The van der Waals surface area contributed by atoms with Crippen LogP contribution in [0.3, 0.4) is 0 Å². The average molecular weight is 512 g/mol. The number of methoxy groups -OCH3 is 1. The molecule has 9 heteroatoms. The van der Waals surface area contributed by atoms with E-state index in [0.29, 0.717) is 33.6 Å². The van der Waals surface area contributed by atoms with Gasteiger partial charge in [0.1, 0.15) is 12.1 Å². The number of benzene rings is 3. The number of ether oxygens (including phenoxy) is 2. The number of nitrogens with one attached hydrogen (secondary N) is 1. The topological polar surface area (TPSA) is 117 Å². The molecule has 4 rings (SSSR count). The highest BCUT2D eigenvalue weighted by molar-refractivity contribution is 6.01. The molecule has 9 nitrogen and oxygen atoms in total. The number of amides is 1. The number of nitrogens with zero attached hydrogens (tertiary/aromatic N) is 2. The van der Waals surface area contributed by atoms with Crippen LogP contribution in [0, 0.1) is 0 Å². The third-order valence-electron chi connectivity index (χ3n) is 5.63. The van der Waals surface area contributed by atoms with E-state index in [9.17, 15) is 19.2 Å². The van der Waals surface area contributed by atoms with E-state index in [1.807, 2.05) is 24.3 Å². The van der Waals surface area contributed by atoms with Gasteiger partial charge in [-0.25, -0.2) is 14.3 Å². The van der Waals surface area contributed by atoms with Crippen molar-refractivity contribution >= 4 is 23.5 Å². The van der Waals surface area contributed by atoms with E-state index >= 15 is 0 Å². The lowest BCUT2D eigenvalue weighted by atomic mass is 9.95. The molecule has 1 amide bonds. The van der Waals surface area contributed by atoms with Crippen LogP contribution in [0.25, 0.3) is 22.4 Å². The van der Waals surface area contributed by atoms with Gasteiger partial charge in [0.05, 0.1) is 25.0 Å². The van der Waals surface area contributed by atoms with Gasteiger partial charge >= 0.3 is 11.9 Å². The van der Waals surface area contributed by atoms with Crippen LogP contribution in [0.4, 0.5) is 5.69 Å². The molecule has 4 aromatic rings. The van der Waals surface area contributed by atoms with Crippen LogP contribution in [-0.2, 0) is 20.8 Å². The summed E-state index contributed by atoms with van der Waals surface area (Å²) in [6.45, 7) is 1.50. The van der Waals surface area contributed by atoms with E-state index in [4.69, 9.17) is 9.47 Å². The molecule has 0 spiro atoms. The minimum atomic E-state index is -0.836. The Morgan fingerprint density at radius 1 is 0.842 bits per heavy atom. The van der Waals surface area contributed by atoms with Gasteiger partial charge in [0.15, 0.2) is 0 Å². The predicted molar refractivity (Wildman–Crippen MR) is 142 cm³/mol. The van der Waals surface area contributed by atoms with Crippen LogP contribution in [0.5, 0.6) is 0 Å². The molecule has 0 aliphatic heterocycles. The Morgan fingerprint density at radius 3 is 2.03 bits per heavy atom. The van der Waals surface area contributed by atoms with Gasteiger partial charge in [-0.15, -0.1) is 0 Å². The lowest BCUT2D eigenvalue weighted by Crippen LogP contribution is -2.34. The Balaban J connectivity index is 1.74. The molecular formula is C29H25N3O6. The van der Waals surface area contributed by atoms with Crippen molar-refractivity contribution < 1.29 is 23.9 Å². The van der Waals surface area contributed by atoms with Crippen molar-refractivity contribution in [3.8, 4) is 22.4 Å². The van der Waals surface area contributed by atoms with E-state index in [1.165, 1.54) is 19.2 Å². The number of esters is 2. The summed E-state index contributed by atoms with van der Waals surface area (Å²) >= 11 is 0. The monoisotopic (exact) mass is 511 g/mol. The normalized spacial score (nSPS) is 10.5. The van der Waals surface area contributed by atoms with E-state index < -0.39 is 29.9 Å². The zero-order chi connectivity index (χ0) is 27.1. The van der Waals surface area contributed by atoms with Crippen LogP contribution in [0.1, 0.15) is 27.6 Å². The number of carbonyl (C=O) groups excluding carboxylic acids is 3. The summed E-state index contributed by atoms with van der Waals surface area (Å²) in [5.41, 5.74) is 1.70. The Hall–Kier alpha value is -5.05. The summed E-state index contributed by atoms with van der Waals surface area (Å²) in [5, 5.41) is 7.19. The molecular weight excluding hydrogens is 486 g/mol. The van der Waals surface area contributed by atoms with Gasteiger partial charge in [0, 0.05) is 16.8 Å². The fraction of sp³-hybridized carbons (Fsp3) is 0.138. The maximum atomic E-state index is 13.5. The first-order valence-corrected chi connectivity index (χ1v) is 11.8. The molecule has 0 atom stereocenters. The number of anilines is 1. The maximum Gasteiger partial charge on any atom is 0.344 e. The molecule has 1 aromatic heterocycles. The number of hydrogen-bond acceptors (Lipinski definition) is 7. The summed E-state index contributed by atoms with van der Waals surface area (Å²) in [5.74, 6) is -1.86. The quantitative estimate of drug-likeness (QED) is 0.353. The van der Waals surface area contributed by atoms with E-state index in [0.717, 1.165) is 4.68 Å². The Bertz CT molecular complexity index is 1510. The van der Waals surface area contributed by atoms with Gasteiger partial charge in [-0.3, -0.25) is 9.59 Å². The van der Waals surface area contributed by atoms with Gasteiger partial charge in [-0.05, 0) is 36.8 Å².